The minimum absolute atomic E-state index is 0.491. The summed E-state index contributed by atoms with van der Waals surface area (Å²) in [6.07, 6.45) is 3.18. The number of thiophene rings is 1. The van der Waals surface area contributed by atoms with Crippen LogP contribution in [-0.4, -0.2) is 24.2 Å². The van der Waals surface area contributed by atoms with Gasteiger partial charge in [0, 0.05) is 4.88 Å². The Hall–Kier alpha value is -0.870. The van der Waals surface area contributed by atoms with Crippen LogP contribution in [0.1, 0.15) is 24.1 Å². The molecule has 0 aliphatic carbocycles. The largest absolute Gasteiger partial charge is 0.481 e. The molecule has 0 aromatic carbocycles. The maximum atomic E-state index is 11.4. The molecule has 2 rings (SSSR count). The zero-order valence-electron chi connectivity index (χ0n) is 9.24. The Bertz CT molecular complexity index is 342. The second-order valence-corrected chi connectivity index (χ2v) is 5.45. The van der Waals surface area contributed by atoms with Gasteiger partial charge in [-0.3, -0.25) is 4.79 Å². The van der Waals surface area contributed by atoms with E-state index in [2.05, 4.69) is 11.4 Å². The van der Waals surface area contributed by atoms with Crippen molar-refractivity contribution in [2.45, 2.75) is 25.7 Å². The highest BCUT2D eigenvalue weighted by atomic mass is 32.1. The molecule has 1 aromatic rings. The van der Waals surface area contributed by atoms with E-state index in [0.717, 1.165) is 38.8 Å². The van der Waals surface area contributed by atoms with Gasteiger partial charge < -0.3 is 10.4 Å². The molecule has 1 aromatic heterocycles. The van der Waals surface area contributed by atoms with Gasteiger partial charge in [0.2, 0.25) is 0 Å². The van der Waals surface area contributed by atoms with Gasteiger partial charge in [0.15, 0.2) is 0 Å². The second-order valence-electron chi connectivity index (χ2n) is 4.41. The summed E-state index contributed by atoms with van der Waals surface area (Å²) in [6.45, 7) is 1.66. The predicted octanol–water partition coefficient (Wildman–Crippen LogP) is 2.14. The van der Waals surface area contributed by atoms with Crippen LogP contribution in [0.2, 0.25) is 0 Å². The molecule has 1 aliphatic heterocycles. The van der Waals surface area contributed by atoms with Gasteiger partial charge in [-0.1, -0.05) is 6.07 Å². The standard InChI is InChI=1S/C12H17NO2S/c14-11(15)12(5-7-13-8-6-12)4-3-10-2-1-9-16-10/h1-2,9,13H,3-8H2,(H,14,15). The molecule has 0 unspecified atom stereocenters. The molecule has 3 nitrogen and oxygen atoms in total. The van der Waals surface area contributed by atoms with Crippen LogP contribution in [0.15, 0.2) is 17.5 Å². The first kappa shape index (κ1) is 11.6. The number of rotatable bonds is 4. The van der Waals surface area contributed by atoms with Crippen molar-refractivity contribution in [2.24, 2.45) is 5.41 Å². The summed E-state index contributed by atoms with van der Waals surface area (Å²) >= 11 is 1.71. The van der Waals surface area contributed by atoms with Gasteiger partial charge in [0.25, 0.3) is 0 Å². The van der Waals surface area contributed by atoms with E-state index in [1.165, 1.54) is 4.88 Å². The molecule has 88 valence electrons. The Morgan fingerprint density at radius 3 is 2.81 bits per heavy atom. The predicted molar refractivity (Wildman–Crippen MR) is 64.8 cm³/mol. The maximum absolute atomic E-state index is 11.4. The maximum Gasteiger partial charge on any atom is 0.309 e. The Morgan fingerprint density at radius 2 is 2.25 bits per heavy atom. The molecular weight excluding hydrogens is 222 g/mol. The summed E-state index contributed by atoms with van der Waals surface area (Å²) in [7, 11) is 0. The zero-order chi connectivity index (χ0) is 11.4. The molecule has 2 heterocycles. The van der Waals surface area contributed by atoms with Gasteiger partial charge in [0.05, 0.1) is 5.41 Å². The summed E-state index contributed by atoms with van der Waals surface area (Å²) in [5, 5.41) is 14.7. The molecule has 0 atom stereocenters. The van der Waals surface area contributed by atoms with Crippen molar-refractivity contribution in [2.75, 3.05) is 13.1 Å². The second kappa shape index (κ2) is 4.97. The molecular formula is C12H17NO2S. The summed E-state index contributed by atoms with van der Waals surface area (Å²) in [5.74, 6) is -0.620. The number of aryl methyl sites for hydroxylation is 1. The molecule has 0 saturated carbocycles. The number of carbonyl (C=O) groups is 1. The molecule has 1 aliphatic rings. The fourth-order valence-corrected chi connectivity index (χ4v) is 3.00. The third-order valence-corrected chi connectivity index (χ3v) is 4.38. The van der Waals surface area contributed by atoms with Crippen LogP contribution >= 0.6 is 11.3 Å². The number of aliphatic carboxylic acids is 1. The van der Waals surface area contributed by atoms with Crippen molar-refractivity contribution >= 4 is 17.3 Å². The van der Waals surface area contributed by atoms with Gasteiger partial charge in [-0.25, -0.2) is 0 Å². The smallest absolute Gasteiger partial charge is 0.309 e. The molecule has 4 heteroatoms. The topological polar surface area (TPSA) is 49.3 Å². The van der Waals surface area contributed by atoms with E-state index in [1.807, 2.05) is 11.4 Å². The number of nitrogens with one attached hydrogen (secondary N) is 1. The molecule has 0 bridgehead atoms. The Morgan fingerprint density at radius 1 is 1.50 bits per heavy atom. The van der Waals surface area contributed by atoms with E-state index in [4.69, 9.17) is 0 Å². The average Bonchev–Trinajstić information content (AvgIpc) is 2.80. The molecule has 0 amide bonds. The monoisotopic (exact) mass is 239 g/mol. The minimum Gasteiger partial charge on any atom is -0.481 e. The SMILES string of the molecule is O=C(O)C1(CCc2cccs2)CCNCC1. The first-order valence-corrected chi connectivity index (χ1v) is 6.57. The lowest BCUT2D eigenvalue weighted by molar-refractivity contribution is -0.151. The number of carboxylic acid groups (broad SMARTS) is 1. The highest BCUT2D eigenvalue weighted by Gasteiger charge is 2.38. The summed E-state index contributed by atoms with van der Waals surface area (Å²) in [4.78, 5) is 12.7. The van der Waals surface area contributed by atoms with E-state index in [1.54, 1.807) is 11.3 Å². The summed E-state index contributed by atoms with van der Waals surface area (Å²) < 4.78 is 0. The van der Waals surface area contributed by atoms with Gasteiger partial charge in [-0.2, -0.15) is 0 Å². The molecule has 0 spiro atoms. The van der Waals surface area contributed by atoms with Crippen molar-refractivity contribution in [3.05, 3.63) is 22.4 Å². The van der Waals surface area contributed by atoms with Crippen LogP contribution in [0.5, 0.6) is 0 Å². The number of hydrogen-bond acceptors (Lipinski definition) is 3. The molecule has 1 saturated heterocycles. The molecule has 1 fully saturated rings. The average molecular weight is 239 g/mol. The lowest BCUT2D eigenvalue weighted by Crippen LogP contribution is -2.42. The van der Waals surface area contributed by atoms with Crippen molar-refractivity contribution in [1.82, 2.24) is 5.32 Å². The van der Waals surface area contributed by atoms with E-state index in [9.17, 15) is 9.90 Å². The van der Waals surface area contributed by atoms with Crippen LogP contribution in [0.3, 0.4) is 0 Å². The lowest BCUT2D eigenvalue weighted by Gasteiger charge is -2.33. The van der Waals surface area contributed by atoms with Crippen molar-refractivity contribution < 1.29 is 9.90 Å². The van der Waals surface area contributed by atoms with Crippen molar-refractivity contribution in [3.63, 3.8) is 0 Å². The van der Waals surface area contributed by atoms with Crippen LogP contribution in [0.25, 0.3) is 0 Å². The Kier molecular flexibility index (Phi) is 3.61. The number of piperidine rings is 1. The fourth-order valence-electron chi connectivity index (χ4n) is 2.29. The van der Waals surface area contributed by atoms with Crippen LogP contribution in [0, 0.1) is 5.41 Å². The lowest BCUT2D eigenvalue weighted by atomic mass is 9.75. The Balaban J connectivity index is 2.00. The number of hydrogen-bond donors (Lipinski definition) is 2. The van der Waals surface area contributed by atoms with E-state index < -0.39 is 11.4 Å². The van der Waals surface area contributed by atoms with Crippen LogP contribution in [0.4, 0.5) is 0 Å². The zero-order valence-corrected chi connectivity index (χ0v) is 10.1. The Labute approximate surface area is 99.5 Å². The van der Waals surface area contributed by atoms with E-state index in [-0.39, 0.29) is 0 Å². The molecule has 2 N–H and O–H groups in total. The van der Waals surface area contributed by atoms with E-state index >= 15 is 0 Å². The van der Waals surface area contributed by atoms with Gasteiger partial charge in [-0.05, 0) is 50.2 Å². The molecule has 16 heavy (non-hydrogen) atoms. The van der Waals surface area contributed by atoms with E-state index in [0.29, 0.717) is 0 Å². The molecule has 0 radical (unpaired) electrons. The van der Waals surface area contributed by atoms with Crippen molar-refractivity contribution in [1.29, 1.82) is 0 Å². The quantitative estimate of drug-likeness (QED) is 0.846. The van der Waals surface area contributed by atoms with Crippen LogP contribution < -0.4 is 5.32 Å². The van der Waals surface area contributed by atoms with Gasteiger partial charge >= 0.3 is 5.97 Å². The fraction of sp³-hybridized carbons (Fsp3) is 0.583. The summed E-state index contributed by atoms with van der Waals surface area (Å²) in [6, 6.07) is 4.11. The summed E-state index contributed by atoms with van der Waals surface area (Å²) in [5.41, 5.74) is -0.491. The van der Waals surface area contributed by atoms with Crippen molar-refractivity contribution in [3.8, 4) is 0 Å². The highest BCUT2D eigenvalue weighted by Crippen LogP contribution is 2.34. The minimum atomic E-state index is -0.620. The normalized spacial score (nSPS) is 19.5. The first-order valence-electron chi connectivity index (χ1n) is 5.69. The third kappa shape index (κ3) is 2.44. The van der Waals surface area contributed by atoms with Gasteiger partial charge in [0.1, 0.15) is 0 Å². The van der Waals surface area contributed by atoms with Gasteiger partial charge in [-0.15, -0.1) is 11.3 Å². The highest BCUT2D eigenvalue weighted by molar-refractivity contribution is 7.09. The first-order chi connectivity index (χ1) is 7.73. The number of carboxylic acids is 1. The van der Waals surface area contributed by atoms with Crippen LogP contribution in [-0.2, 0) is 11.2 Å². The third-order valence-electron chi connectivity index (χ3n) is 3.44.